The van der Waals surface area contributed by atoms with Crippen molar-refractivity contribution < 1.29 is 9.53 Å². The summed E-state index contributed by atoms with van der Waals surface area (Å²) in [6.07, 6.45) is 0. The first-order valence-electron chi connectivity index (χ1n) is 8.43. The fourth-order valence-corrected chi connectivity index (χ4v) is 2.69. The Labute approximate surface area is 160 Å². The van der Waals surface area contributed by atoms with E-state index in [1.807, 2.05) is 13.8 Å². The maximum atomic E-state index is 12.5. The van der Waals surface area contributed by atoms with Crippen LogP contribution in [0.5, 0.6) is 5.75 Å². The molecule has 0 aliphatic heterocycles. The molecular formula is C19H19ClN4O3. The number of benzene rings is 2. The predicted octanol–water partition coefficient (Wildman–Crippen LogP) is 2.90. The van der Waals surface area contributed by atoms with E-state index in [0.29, 0.717) is 28.2 Å². The van der Waals surface area contributed by atoms with Crippen LogP contribution in [0.3, 0.4) is 0 Å². The molecule has 7 nitrogen and oxygen atoms in total. The summed E-state index contributed by atoms with van der Waals surface area (Å²) < 4.78 is 6.89. The van der Waals surface area contributed by atoms with Gasteiger partial charge >= 0.3 is 0 Å². The van der Waals surface area contributed by atoms with Crippen molar-refractivity contribution in [3.05, 3.63) is 63.4 Å². The minimum atomic E-state index is -0.410. The molecule has 8 heteroatoms. The molecule has 0 saturated carbocycles. The molecule has 0 fully saturated rings. The molecule has 0 aliphatic carbocycles. The van der Waals surface area contributed by atoms with Gasteiger partial charge in [0.1, 0.15) is 5.75 Å². The lowest BCUT2D eigenvalue weighted by Crippen LogP contribution is -2.37. The molecule has 0 saturated heterocycles. The van der Waals surface area contributed by atoms with Crippen LogP contribution in [-0.4, -0.2) is 22.1 Å². The lowest BCUT2D eigenvalue weighted by atomic mass is 10.2. The van der Waals surface area contributed by atoms with Gasteiger partial charge in [-0.05, 0) is 49.7 Å². The maximum absolute atomic E-state index is 12.5. The van der Waals surface area contributed by atoms with Crippen LogP contribution in [-0.2, 0) is 11.3 Å². The number of ether oxygens (including phenoxy) is 1. The Morgan fingerprint density at radius 2 is 2.04 bits per heavy atom. The van der Waals surface area contributed by atoms with Crippen molar-refractivity contribution in [3.63, 3.8) is 0 Å². The summed E-state index contributed by atoms with van der Waals surface area (Å²) in [5.41, 5.74) is 6.44. The minimum absolute atomic E-state index is 0.173. The number of carbonyl (C=O) groups is 1. The highest BCUT2D eigenvalue weighted by molar-refractivity contribution is 6.31. The first kappa shape index (κ1) is 18.7. The Hall–Kier alpha value is -3.06. The summed E-state index contributed by atoms with van der Waals surface area (Å²) in [5.74, 6) is 0.394. The van der Waals surface area contributed by atoms with Crippen LogP contribution in [0, 0.1) is 6.92 Å². The zero-order chi connectivity index (χ0) is 19.4. The van der Waals surface area contributed by atoms with Gasteiger partial charge in [0.05, 0.1) is 10.9 Å². The third-order valence-corrected chi connectivity index (χ3v) is 4.42. The number of amides is 1. The molecule has 3 rings (SSSR count). The normalized spacial score (nSPS) is 10.6. The second kappa shape index (κ2) is 8.09. The second-order valence-corrected chi connectivity index (χ2v) is 6.28. The molecule has 0 unspecified atom stereocenters. The van der Waals surface area contributed by atoms with E-state index in [-0.39, 0.29) is 18.1 Å². The van der Waals surface area contributed by atoms with Gasteiger partial charge in [-0.3, -0.25) is 25.0 Å². The smallest absolute Gasteiger partial charge is 0.276 e. The fraction of sp³-hybridized carbons (Fsp3) is 0.211. The Kier molecular flexibility index (Phi) is 5.61. The molecule has 0 bridgehead atoms. The highest BCUT2D eigenvalue weighted by Gasteiger charge is 2.11. The zero-order valence-corrected chi connectivity index (χ0v) is 15.7. The molecule has 27 heavy (non-hydrogen) atoms. The van der Waals surface area contributed by atoms with Crippen LogP contribution in [0.1, 0.15) is 12.5 Å². The van der Waals surface area contributed by atoms with E-state index < -0.39 is 5.91 Å². The minimum Gasteiger partial charge on any atom is -0.484 e. The number of carbonyl (C=O) groups excluding carboxylic acids is 1. The Bertz CT molecular complexity index is 1050. The number of nitrogens with zero attached hydrogens (tertiary/aromatic N) is 2. The number of hydrogen-bond donors (Lipinski definition) is 2. The van der Waals surface area contributed by atoms with Crippen molar-refractivity contribution in [3.8, 4) is 5.75 Å². The van der Waals surface area contributed by atoms with Gasteiger partial charge in [0.25, 0.3) is 11.5 Å². The molecular weight excluding hydrogens is 368 g/mol. The van der Waals surface area contributed by atoms with E-state index in [0.717, 1.165) is 5.56 Å². The van der Waals surface area contributed by atoms with Crippen LogP contribution < -0.4 is 21.1 Å². The molecule has 0 aliphatic rings. The van der Waals surface area contributed by atoms with Crippen LogP contribution in [0.2, 0.25) is 5.02 Å². The van der Waals surface area contributed by atoms with Gasteiger partial charge in [0, 0.05) is 11.6 Å². The van der Waals surface area contributed by atoms with E-state index in [1.165, 1.54) is 4.57 Å². The summed E-state index contributed by atoms with van der Waals surface area (Å²) in [5, 5.41) is 1.16. The van der Waals surface area contributed by atoms with Gasteiger partial charge in [-0.1, -0.05) is 23.7 Å². The van der Waals surface area contributed by atoms with Crippen LogP contribution >= 0.6 is 11.6 Å². The van der Waals surface area contributed by atoms with Crippen LogP contribution in [0.15, 0.2) is 47.3 Å². The van der Waals surface area contributed by atoms with Crippen LogP contribution in [0.4, 0.5) is 5.95 Å². The largest absolute Gasteiger partial charge is 0.484 e. The van der Waals surface area contributed by atoms with Crippen molar-refractivity contribution in [1.29, 1.82) is 0 Å². The quantitative estimate of drug-likeness (QED) is 0.636. The molecule has 3 aromatic rings. The van der Waals surface area contributed by atoms with Gasteiger partial charge < -0.3 is 4.74 Å². The first-order valence-corrected chi connectivity index (χ1v) is 8.80. The van der Waals surface area contributed by atoms with Crippen molar-refractivity contribution in [2.45, 2.75) is 20.4 Å². The number of halogens is 1. The molecule has 2 aromatic carbocycles. The highest BCUT2D eigenvalue weighted by atomic mass is 35.5. The average molecular weight is 387 g/mol. The van der Waals surface area contributed by atoms with Gasteiger partial charge in [-0.2, -0.15) is 0 Å². The Balaban J connectivity index is 1.68. The number of aryl methyl sites for hydroxylation is 1. The summed E-state index contributed by atoms with van der Waals surface area (Å²) in [6, 6.07) is 12.2. The lowest BCUT2D eigenvalue weighted by molar-refractivity contribution is -0.122. The molecule has 0 radical (unpaired) electrons. The van der Waals surface area contributed by atoms with Gasteiger partial charge in [-0.15, -0.1) is 0 Å². The molecule has 140 valence electrons. The first-order chi connectivity index (χ1) is 13.0. The van der Waals surface area contributed by atoms with Crippen molar-refractivity contribution in [2.75, 3.05) is 12.0 Å². The van der Waals surface area contributed by atoms with Crippen molar-refractivity contribution >= 4 is 34.4 Å². The summed E-state index contributed by atoms with van der Waals surface area (Å²) in [7, 11) is 0. The van der Waals surface area contributed by atoms with Crippen molar-refractivity contribution in [1.82, 2.24) is 15.0 Å². The number of hydrogen-bond acceptors (Lipinski definition) is 5. The Morgan fingerprint density at radius 3 is 2.78 bits per heavy atom. The SMILES string of the molecule is CCn1c(NNC(=O)COc2ccc(Cl)c(C)c2)nc2ccccc2c1=O. The Morgan fingerprint density at radius 1 is 1.26 bits per heavy atom. The van der Waals surface area contributed by atoms with Gasteiger partial charge in [0.2, 0.25) is 5.95 Å². The summed E-state index contributed by atoms with van der Waals surface area (Å²) in [6.45, 7) is 3.90. The number of aromatic nitrogens is 2. The molecule has 0 atom stereocenters. The summed E-state index contributed by atoms with van der Waals surface area (Å²) >= 11 is 5.96. The van der Waals surface area contributed by atoms with Gasteiger partial charge in [0.15, 0.2) is 6.61 Å². The fourth-order valence-electron chi connectivity index (χ4n) is 2.57. The van der Waals surface area contributed by atoms with Crippen molar-refractivity contribution in [2.24, 2.45) is 0 Å². The van der Waals surface area contributed by atoms with E-state index in [9.17, 15) is 9.59 Å². The van der Waals surface area contributed by atoms with Gasteiger partial charge in [-0.25, -0.2) is 4.98 Å². The molecule has 1 amide bonds. The number of nitrogens with one attached hydrogen (secondary N) is 2. The third-order valence-electron chi connectivity index (χ3n) is 3.99. The average Bonchev–Trinajstić information content (AvgIpc) is 2.67. The second-order valence-electron chi connectivity index (χ2n) is 5.87. The van der Waals surface area contributed by atoms with E-state index in [1.54, 1.807) is 42.5 Å². The topological polar surface area (TPSA) is 85.2 Å². The molecule has 1 heterocycles. The summed E-state index contributed by atoms with van der Waals surface area (Å²) in [4.78, 5) is 29.0. The number of fused-ring (bicyclic) bond motifs is 1. The number of rotatable bonds is 6. The van der Waals surface area contributed by atoms with E-state index >= 15 is 0 Å². The third kappa shape index (κ3) is 4.20. The number of para-hydroxylation sites is 1. The predicted molar refractivity (Wildman–Crippen MR) is 105 cm³/mol. The molecule has 0 spiro atoms. The maximum Gasteiger partial charge on any atom is 0.276 e. The number of hydrazine groups is 1. The zero-order valence-electron chi connectivity index (χ0n) is 15.0. The standard InChI is InChI=1S/C19H19ClN4O3/c1-3-24-18(26)14-6-4-5-7-16(14)21-19(24)23-22-17(25)11-27-13-8-9-15(20)12(2)10-13/h4-10H,3,11H2,1-2H3,(H,21,23)(H,22,25). The molecule has 1 aromatic heterocycles. The number of anilines is 1. The molecule has 2 N–H and O–H groups in total. The van der Waals surface area contributed by atoms with E-state index in [2.05, 4.69) is 15.8 Å². The highest BCUT2D eigenvalue weighted by Crippen LogP contribution is 2.20. The lowest BCUT2D eigenvalue weighted by Gasteiger charge is -2.14. The monoisotopic (exact) mass is 386 g/mol. The van der Waals surface area contributed by atoms with E-state index in [4.69, 9.17) is 16.3 Å². The van der Waals surface area contributed by atoms with Crippen LogP contribution in [0.25, 0.3) is 10.9 Å².